The van der Waals surface area contributed by atoms with E-state index < -0.39 is 73.7 Å². The lowest BCUT2D eigenvalue weighted by atomic mass is 9.95. The summed E-state index contributed by atoms with van der Waals surface area (Å²) in [5.74, 6) is -29.9. The van der Waals surface area contributed by atoms with Crippen LogP contribution in [-0.2, 0) is 16.0 Å². The van der Waals surface area contributed by atoms with Gasteiger partial charge in [-0.15, -0.1) is 0 Å². The third-order valence-corrected chi connectivity index (χ3v) is 6.83. The Morgan fingerprint density at radius 3 is 1.98 bits per heavy atom. The Hall–Kier alpha value is -3.05. The van der Waals surface area contributed by atoms with Crippen LogP contribution in [0.15, 0.2) is 24.3 Å². The number of ether oxygens (including phenoxy) is 2. The summed E-state index contributed by atoms with van der Waals surface area (Å²) in [5, 5.41) is 11.4. The van der Waals surface area contributed by atoms with Gasteiger partial charge in [0.25, 0.3) is 0 Å². The SMILES string of the molecule is CCOC(Cc1ccc(OCCN(CC(F)(F)C(F)(F)C(F)(F)C(F)(F)C(F)(F)F)C(=O)NC2CCCCC2)cc1)C(=O)O. The highest BCUT2D eigenvalue weighted by atomic mass is 19.4. The zero-order valence-electron chi connectivity index (χ0n) is 23.2. The molecular weight excluding hydrogens is 629 g/mol. The molecule has 0 radical (unpaired) electrons. The van der Waals surface area contributed by atoms with Crippen molar-refractivity contribution in [3.63, 3.8) is 0 Å². The van der Waals surface area contributed by atoms with Gasteiger partial charge < -0.3 is 24.8 Å². The predicted molar refractivity (Wildman–Crippen MR) is 132 cm³/mol. The Kier molecular flexibility index (Phi) is 12.1. The minimum Gasteiger partial charge on any atom is -0.492 e. The third kappa shape index (κ3) is 8.56. The number of alkyl halides is 11. The quantitative estimate of drug-likeness (QED) is 0.209. The Morgan fingerprint density at radius 1 is 0.909 bits per heavy atom. The third-order valence-electron chi connectivity index (χ3n) is 6.83. The summed E-state index contributed by atoms with van der Waals surface area (Å²) in [5.41, 5.74) is 0.477. The fraction of sp³-hybridized carbons (Fsp3) is 0.692. The van der Waals surface area contributed by atoms with Crippen LogP contribution in [-0.4, -0.2) is 90.3 Å². The van der Waals surface area contributed by atoms with Crippen molar-refractivity contribution in [1.29, 1.82) is 0 Å². The van der Waals surface area contributed by atoms with Crippen LogP contribution in [0.3, 0.4) is 0 Å². The lowest BCUT2D eigenvalue weighted by Gasteiger charge is -2.39. The molecule has 1 saturated carbocycles. The highest BCUT2D eigenvalue weighted by Crippen LogP contribution is 2.57. The van der Waals surface area contributed by atoms with E-state index >= 15 is 0 Å². The Bertz CT molecular complexity index is 1090. The maximum Gasteiger partial charge on any atom is 0.460 e. The van der Waals surface area contributed by atoms with E-state index in [1.54, 1.807) is 6.92 Å². The fourth-order valence-electron chi connectivity index (χ4n) is 4.34. The number of urea groups is 1. The van der Waals surface area contributed by atoms with E-state index in [2.05, 4.69) is 5.32 Å². The first-order chi connectivity index (χ1) is 20.2. The van der Waals surface area contributed by atoms with Crippen molar-refractivity contribution in [1.82, 2.24) is 10.2 Å². The number of nitrogens with zero attached hydrogens (tertiary/aromatic N) is 1. The summed E-state index contributed by atoms with van der Waals surface area (Å²) in [6.45, 7) is -2.68. The second-order valence-corrected chi connectivity index (χ2v) is 10.1. The number of benzene rings is 1. The van der Waals surface area contributed by atoms with E-state index in [4.69, 9.17) is 9.47 Å². The van der Waals surface area contributed by atoms with Crippen molar-refractivity contribution in [2.75, 3.05) is 26.3 Å². The van der Waals surface area contributed by atoms with Gasteiger partial charge >= 0.3 is 41.9 Å². The number of amides is 2. The van der Waals surface area contributed by atoms with Gasteiger partial charge in [-0.2, -0.15) is 48.3 Å². The molecule has 0 spiro atoms. The number of carbonyl (C=O) groups excluding carboxylic acids is 1. The molecule has 0 saturated heterocycles. The van der Waals surface area contributed by atoms with Crippen molar-refractivity contribution in [3.8, 4) is 5.75 Å². The van der Waals surface area contributed by atoms with Gasteiger partial charge in [0.05, 0.1) is 13.1 Å². The first kappa shape index (κ1) is 37.1. The molecule has 7 nitrogen and oxygen atoms in total. The number of hydrogen-bond donors (Lipinski definition) is 2. The molecular formula is C26H31F11N2O5. The topological polar surface area (TPSA) is 88.1 Å². The van der Waals surface area contributed by atoms with Crippen molar-refractivity contribution < 1.29 is 72.5 Å². The van der Waals surface area contributed by atoms with E-state index in [-0.39, 0.29) is 23.7 Å². The molecule has 0 aromatic heterocycles. The van der Waals surface area contributed by atoms with Gasteiger partial charge in [0, 0.05) is 19.1 Å². The van der Waals surface area contributed by atoms with Crippen LogP contribution in [0.5, 0.6) is 5.75 Å². The highest BCUT2D eigenvalue weighted by molar-refractivity contribution is 5.74. The molecule has 2 N–H and O–H groups in total. The minimum atomic E-state index is -7.59. The second-order valence-electron chi connectivity index (χ2n) is 10.1. The van der Waals surface area contributed by atoms with Gasteiger partial charge in [0.15, 0.2) is 6.10 Å². The van der Waals surface area contributed by atoms with E-state index in [0.29, 0.717) is 31.2 Å². The number of nitrogens with one attached hydrogen (secondary N) is 1. The molecule has 2 rings (SSSR count). The molecule has 0 bridgehead atoms. The highest BCUT2D eigenvalue weighted by Gasteiger charge is 2.87. The summed E-state index contributed by atoms with van der Waals surface area (Å²) in [4.78, 5) is 23.8. The van der Waals surface area contributed by atoms with Gasteiger partial charge in [-0.05, 0) is 37.5 Å². The molecule has 1 fully saturated rings. The van der Waals surface area contributed by atoms with Crippen LogP contribution in [0.4, 0.5) is 53.1 Å². The van der Waals surface area contributed by atoms with Gasteiger partial charge in [-0.1, -0.05) is 31.4 Å². The zero-order chi connectivity index (χ0) is 33.6. The molecule has 1 aliphatic carbocycles. The minimum absolute atomic E-state index is 0.0121. The molecule has 44 heavy (non-hydrogen) atoms. The van der Waals surface area contributed by atoms with E-state index in [1.165, 1.54) is 24.3 Å². The van der Waals surface area contributed by atoms with Crippen LogP contribution in [0.2, 0.25) is 0 Å². The Morgan fingerprint density at radius 2 is 1.48 bits per heavy atom. The number of carboxylic acids is 1. The van der Waals surface area contributed by atoms with E-state index in [9.17, 15) is 63.0 Å². The summed E-state index contributed by atoms with van der Waals surface area (Å²) in [6.07, 6.45) is -5.80. The largest absolute Gasteiger partial charge is 0.492 e. The Balaban J connectivity index is 2.21. The molecule has 1 atom stereocenters. The van der Waals surface area contributed by atoms with Crippen LogP contribution >= 0.6 is 0 Å². The molecule has 1 aromatic rings. The zero-order valence-corrected chi connectivity index (χ0v) is 23.2. The maximum atomic E-state index is 14.6. The first-order valence-electron chi connectivity index (χ1n) is 13.4. The van der Waals surface area contributed by atoms with Gasteiger partial charge in [0.2, 0.25) is 0 Å². The summed E-state index contributed by atoms with van der Waals surface area (Å²) in [6, 6.07) is 3.33. The average Bonchev–Trinajstić information content (AvgIpc) is 2.92. The number of carbonyl (C=O) groups is 2. The molecule has 0 heterocycles. The maximum absolute atomic E-state index is 14.6. The molecule has 2 amide bonds. The van der Waals surface area contributed by atoms with Crippen LogP contribution in [0, 0.1) is 0 Å². The normalized spacial score (nSPS) is 16.4. The lowest BCUT2D eigenvalue weighted by Crippen LogP contribution is -2.68. The lowest BCUT2D eigenvalue weighted by molar-refractivity contribution is -0.422. The van der Waals surface area contributed by atoms with Gasteiger partial charge in [0.1, 0.15) is 12.4 Å². The standard InChI is InChI=1S/C26H31F11N2O5/c1-2-43-19(20(40)41)14-16-8-10-18(11-9-16)44-13-12-39(21(42)38-17-6-4-3-5-7-17)15-22(27,28)23(29,30)24(31,32)25(33,34)26(35,36)37/h8-11,17,19H,2-7,12-15H2,1H3,(H,38,42)(H,40,41). The fourth-order valence-corrected chi connectivity index (χ4v) is 4.34. The van der Waals surface area contributed by atoms with E-state index in [0.717, 1.165) is 6.42 Å². The number of hydrogen-bond acceptors (Lipinski definition) is 4. The monoisotopic (exact) mass is 660 g/mol. The molecule has 1 unspecified atom stereocenters. The predicted octanol–water partition coefficient (Wildman–Crippen LogP) is 6.55. The van der Waals surface area contributed by atoms with Crippen molar-refractivity contribution >= 4 is 12.0 Å². The molecule has 1 aromatic carbocycles. The summed E-state index contributed by atoms with van der Waals surface area (Å²) in [7, 11) is 0. The first-order valence-corrected chi connectivity index (χ1v) is 13.4. The summed E-state index contributed by atoms with van der Waals surface area (Å²) < 4.78 is 159. The molecule has 0 aliphatic heterocycles. The molecule has 18 heteroatoms. The average molecular weight is 661 g/mol. The van der Waals surface area contributed by atoms with Crippen LogP contribution in [0.25, 0.3) is 0 Å². The van der Waals surface area contributed by atoms with Crippen LogP contribution < -0.4 is 10.1 Å². The summed E-state index contributed by atoms with van der Waals surface area (Å²) >= 11 is 0. The van der Waals surface area contributed by atoms with Gasteiger partial charge in [-0.25, -0.2) is 9.59 Å². The molecule has 252 valence electrons. The number of halogens is 11. The van der Waals surface area contributed by atoms with Crippen LogP contribution in [0.1, 0.15) is 44.6 Å². The van der Waals surface area contributed by atoms with E-state index in [1.807, 2.05) is 0 Å². The Labute approximate surface area is 244 Å². The van der Waals surface area contributed by atoms with Gasteiger partial charge in [-0.3, -0.25) is 0 Å². The number of aliphatic carboxylic acids is 1. The second kappa shape index (κ2) is 14.4. The number of carboxylic acid groups (broad SMARTS) is 1. The number of rotatable bonds is 15. The smallest absolute Gasteiger partial charge is 0.460 e. The van der Waals surface area contributed by atoms with Crippen molar-refractivity contribution in [2.24, 2.45) is 0 Å². The molecule has 1 aliphatic rings. The van der Waals surface area contributed by atoms with Crippen molar-refractivity contribution in [3.05, 3.63) is 29.8 Å². The van der Waals surface area contributed by atoms with Crippen molar-refractivity contribution in [2.45, 2.75) is 87.5 Å².